The topological polar surface area (TPSA) is 50.8 Å². The highest BCUT2D eigenvalue weighted by Gasteiger charge is 2.35. The molecular formula is C14H30N2O3. The molecule has 0 heterocycles. The molecule has 0 saturated carbocycles. The molecule has 5 heteroatoms. The third-order valence-electron chi connectivity index (χ3n) is 3.75. The third-order valence-corrected chi connectivity index (χ3v) is 3.75. The molecule has 0 bridgehead atoms. The molecule has 5 nitrogen and oxygen atoms in total. The molecule has 1 atom stereocenters. The number of nitrogens with one attached hydrogen (secondary N) is 1. The Hall–Kier alpha value is -0.650. The van der Waals surface area contributed by atoms with E-state index in [0.717, 1.165) is 19.4 Å². The Morgan fingerprint density at radius 3 is 2.26 bits per heavy atom. The van der Waals surface area contributed by atoms with Gasteiger partial charge >= 0.3 is 5.97 Å². The van der Waals surface area contributed by atoms with Crippen LogP contribution in [-0.2, 0) is 14.3 Å². The Morgan fingerprint density at radius 1 is 1.32 bits per heavy atom. The molecule has 114 valence electrons. The number of rotatable bonds is 10. The van der Waals surface area contributed by atoms with Gasteiger partial charge in [0.05, 0.1) is 13.7 Å². The molecule has 1 unspecified atom stereocenters. The zero-order valence-corrected chi connectivity index (χ0v) is 13.3. The highest BCUT2D eigenvalue weighted by atomic mass is 16.5. The van der Waals surface area contributed by atoms with Crippen molar-refractivity contribution in [3.05, 3.63) is 0 Å². The van der Waals surface area contributed by atoms with Gasteiger partial charge in [-0.15, -0.1) is 0 Å². The average molecular weight is 274 g/mol. The minimum atomic E-state index is -0.689. The van der Waals surface area contributed by atoms with Crippen molar-refractivity contribution in [3.63, 3.8) is 0 Å². The number of methoxy groups -OCH3 is 2. The van der Waals surface area contributed by atoms with Gasteiger partial charge < -0.3 is 14.8 Å². The van der Waals surface area contributed by atoms with E-state index in [4.69, 9.17) is 9.47 Å². The number of carbonyl (C=O) groups is 1. The summed E-state index contributed by atoms with van der Waals surface area (Å²) in [6, 6.07) is 0.451. The van der Waals surface area contributed by atoms with Crippen LogP contribution in [0.2, 0.25) is 0 Å². The minimum Gasteiger partial charge on any atom is -0.468 e. The monoisotopic (exact) mass is 274 g/mol. The van der Waals surface area contributed by atoms with Crippen LogP contribution in [0.4, 0.5) is 0 Å². The normalized spacial score (nSPS) is 14.7. The Balaban J connectivity index is 4.89. The predicted molar refractivity (Wildman–Crippen MR) is 77.3 cm³/mol. The van der Waals surface area contributed by atoms with Gasteiger partial charge in [-0.3, -0.25) is 9.69 Å². The maximum absolute atomic E-state index is 11.9. The lowest BCUT2D eigenvalue weighted by Gasteiger charge is -2.37. The maximum Gasteiger partial charge on any atom is 0.327 e. The molecule has 0 aliphatic rings. The molecule has 0 aromatic carbocycles. The predicted octanol–water partition coefficient (Wildman–Crippen LogP) is 1.27. The van der Waals surface area contributed by atoms with E-state index in [0.29, 0.717) is 19.2 Å². The second-order valence-corrected chi connectivity index (χ2v) is 5.01. The summed E-state index contributed by atoms with van der Waals surface area (Å²) < 4.78 is 10.1. The van der Waals surface area contributed by atoms with Crippen molar-refractivity contribution in [2.24, 2.45) is 0 Å². The highest BCUT2D eigenvalue weighted by molar-refractivity contribution is 5.80. The first kappa shape index (κ1) is 18.4. The van der Waals surface area contributed by atoms with E-state index < -0.39 is 5.54 Å². The second-order valence-electron chi connectivity index (χ2n) is 5.01. The van der Waals surface area contributed by atoms with Crippen molar-refractivity contribution in [2.75, 3.05) is 41.0 Å². The van der Waals surface area contributed by atoms with E-state index in [1.54, 1.807) is 14.2 Å². The van der Waals surface area contributed by atoms with E-state index in [2.05, 4.69) is 24.1 Å². The third kappa shape index (κ3) is 5.47. The van der Waals surface area contributed by atoms with Crippen LogP contribution in [0.5, 0.6) is 0 Å². The molecule has 0 aliphatic carbocycles. The van der Waals surface area contributed by atoms with Crippen molar-refractivity contribution in [2.45, 2.75) is 45.2 Å². The largest absolute Gasteiger partial charge is 0.468 e. The molecule has 1 N–H and O–H groups in total. The lowest BCUT2D eigenvalue weighted by atomic mass is 9.99. The number of ether oxygens (including phenoxy) is 2. The Kier molecular flexibility index (Phi) is 8.97. The van der Waals surface area contributed by atoms with E-state index in [-0.39, 0.29) is 5.97 Å². The summed E-state index contributed by atoms with van der Waals surface area (Å²) in [5, 5.41) is 3.08. The fourth-order valence-corrected chi connectivity index (χ4v) is 2.28. The summed E-state index contributed by atoms with van der Waals surface area (Å²) in [5.74, 6) is -0.233. The first-order valence-electron chi connectivity index (χ1n) is 6.99. The quantitative estimate of drug-likeness (QED) is 0.608. The zero-order chi connectivity index (χ0) is 14.9. The first-order chi connectivity index (χ1) is 8.98. The van der Waals surface area contributed by atoms with Crippen LogP contribution in [0.3, 0.4) is 0 Å². The molecule has 0 spiro atoms. The van der Waals surface area contributed by atoms with Crippen molar-refractivity contribution in [1.82, 2.24) is 10.2 Å². The van der Waals surface area contributed by atoms with Gasteiger partial charge in [0.2, 0.25) is 0 Å². The van der Waals surface area contributed by atoms with Gasteiger partial charge in [-0.2, -0.15) is 0 Å². The Bertz CT molecular complexity index is 257. The molecule has 0 rings (SSSR count). The van der Waals surface area contributed by atoms with Crippen molar-refractivity contribution < 1.29 is 14.3 Å². The molecule has 0 aromatic rings. The maximum atomic E-state index is 11.9. The summed E-state index contributed by atoms with van der Waals surface area (Å²) in [5.41, 5.74) is -0.689. The van der Waals surface area contributed by atoms with E-state index in [1.807, 2.05) is 6.92 Å². The van der Waals surface area contributed by atoms with Crippen LogP contribution in [0.25, 0.3) is 0 Å². The van der Waals surface area contributed by atoms with Crippen molar-refractivity contribution >= 4 is 5.97 Å². The Labute approximate surface area is 117 Å². The highest BCUT2D eigenvalue weighted by Crippen LogP contribution is 2.15. The molecule has 0 aliphatic heterocycles. The molecule has 0 saturated heterocycles. The molecule has 0 radical (unpaired) electrons. The fourth-order valence-electron chi connectivity index (χ4n) is 2.28. The lowest BCUT2D eigenvalue weighted by Crippen LogP contribution is -2.58. The summed E-state index contributed by atoms with van der Waals surface area (Å²) in [6.07, 6.45) is 2.11. The van der Waals surface area contributed by atoms with E-state index in [9.17, 15) is 4.79 Å². The van der Waals surface area contributed by atoms with Crippen molar-refractivity contribution in [3.8, 4) is 0 Å². The van der Waals surface area contributed by atoms with Gasteiger partial charge in [-0.1, -0.05) is 13.8 Å². The number of likely N-dealkylation sites (N-methyl/N-ethyl adjacent to an activating group) is 1. The fraction of sp³-hybridized carbons (Fsp3) is 0.929. The van der Waals surface area contributed by atoms with Crippen LogP contribution in [-0.4, -0.2) is 63.4 Å². The van der Waals surface area contributed by atoms with Gasteiger partial charge in [0.1, 0.15) is 5.54 Å². The number of carbonyl (C=O) groups excluding carboxylic acids is 1. The summed E-state index contributed by atoms with van der Waals surface area (Å²) >= 11 is 0. The molecule has 0 amide bonds. The van der Waals surface area contributed by atoms with E-state index >= 15 is 0 Å². The number of esters is 1. The molecule has 19 heavy (non-hydrogen) atoms. The summed E-state index contributed by atoms with van der Waals surface area (Å²) in [7, 11) is 4.91. The Morgan fingerprint density at radius 2 is 1.89 bits per heavy atom. The molecule has 0 fully saturated rings. The molecular weight excluding hydrogens is 244 g/mol. The molecule has 0 aromatic heterocycles. The number of hydrogen-bond donors (Lipinski definition) is 1. The van der Waals surface area contributed by atoms with Crippen LogP contribution >= 0.6 is 0 Å². The number of hydrogen-bond acceptors (Lipinski definition) is 5. The van der Waals surface area contributed by atoms with Crippen LogP contribution < -0.4 is 5.32 Å². The van der Waals surface area contributed by atoms with Gasteiger partial charge in [-0.05, 0) is 26.8 Å². The van der Waals surface area contributed by atoms with Gasteiger partial charge in [0, 0.05) is 26.2 Å². The smallest absolute Gasteiger partial charge is 0.327 e. The average Bonchev–Trinajstić information content (AvgIpc) is 2.44. The van der Waals surface area contributed by atoms with E-state index in [1.165, 1.54) is 7.11 Å². The standard InChI is InChI=1S/C14H30N2O3/c1-7-12(8-2)16(9-10-18-5)11-14(3,15-4)13(17)19-6/h12,15H,7-11H2,1-6H3. The van der Waals surface area contributed by atoms with Gasteiger partial charge in [0.15, 0.2) is 0 Å². The van der Waals surface area contributed by atoms with Crippen LogP contribution in [0, 0.1) is 0 Å². The minimum absolute atomic E-state index is 0.233. The van der Waals surface area contributed by atoms with Crippen LogP contribution in [0.1, 0.15) is 33.6 Å². The second kappa shape index (κ2) is 9.28. The number of nitrogens with zero attached hydrogens (tertiary/aromatic N) is 1. The summed E-state index contributed by atoms with van der Waals surface area (Å²) in [4.78, 5) is 14.2. The van der Waals surface area contributed by atoms with Crippen molar-refractivity contribution in [1.29, 1.82) is 0 Å². The van der Waals surface area contributed by atoms with Crippen LogP contribution in [0.15, 0.2) is 0 Å². The zero-order valence-electron chi connectivity index (χ0n) is 13.3. The SMILES string of the molecule is CCC(CC)N(CCOC)CC(C)(NC)C(=O)OC. The lowest BCUT2D eigenvalue weighted by molar-refractivity contribution is -0.148. The summed E-state index contributed by atoms with van der Waals surface area (Å²) in [6.45, 7) is 8.31. The van der Waals surface area contributed by atoms with Gasteiger partial charge in [-0.25, -0.2) is 0 Å². The van der Waals surface area contributed by atoms with Gasteiger partial charge in [0.25, 0.3) is 0 Å². The first-order valence-corrected chi connectivity index (χ1v) is 6.99.